The number of hydrogen-bond donors (Lipinski definition) is 2. The second-order valence-electron chi connectivity index (χ2n) is 4.30. The number of H-pyrrole nitrogens is 1. The zero-order valence-electron chi connectivity index (χ0n) is 11.4. The quantitative estimate of drug-likeness (QED) is 0.808. The van der Waals surface area contributed by atoms with Crippen molar-refractivity contribution in [3.63, 3.8) is 0 Å². The van der Waals surface area contributed by atoms with Crippen molar-refractivity contribution in [2.24, 2.45) is 0 Å². The minimum atomic E-state index is -0.415. The number of halogens is 1. The Balaban J connectivity index is 2.00. The fourth-order valence-electron chi connectivity index (χ4n) is 1.43. The summed E-state index contributed by atoms with van der Waals surface area (Å²) < 4.78 is 0.940. The summed E-state index contributed by atoms with van der Waals surface area (Å²) in [5.41, 5.74) is 0.707. The molecular weight excluding hydrogens is 356 g/mol. The molecule has 2 aromatic rings. The molecule has 0 aliphatic rings. The number of aromatic nitrogens is 3. The third-order valence-electron chi connectivity index (χ3n) is 2.61. The molecule has 0 spiro atoms. The SMILES string of the molecule is Cc1nnc(SC(C)C(=O)Nc2ccc(Br)cc2)[nH]c1=O. The topological polar surface area (TPSA) is 87.7 Å². The van der Waals surface area contributed by atoms with Gasteiger partial charge in [-0.2, -0.15) is 0 Å². The summed E-state index contributed by atoms with van der Waals surface area (Å²) in [6.45, 7) is 3.31. The largest absolute Gasteiger partial charge is 0.325 e. The normalized spacial score (nSPS) is 12.0. The van der Waals surface area contributed by atoms with Gasteiger partial charge in [0.25, 0.3) is 5.56 Å². The summed E-state index contributed by atoms with van der Waals surface area (Å²) in [4.78, 5) is 26.1. The van der Waals surface area contributed by atoms with Crippen molar-refractivity contribution in [3.05, 3.63) is 44.8 Å². The summed E-state index contributed by atoms with van der Waals surface area (Å²) >= 11 is 4.48. The summed E-state index contributed by atoms with van der Waals surface area (Å²) in [5.74, 6) is -0.175. The van der Waals surface area contributed by atoms with Gasteiger partial charge in [0.2, 0.25) is 5.91 Å². The summed E-state index contributed by atoms with van der Waals surface area (Å²) in [7, 11) is 0. The second kappa shape index (κ2) is 6.86. The third-order valence-corrected chi connectivity index (χ3v) is 4.11. The second-order valence-corrected chi connectivity index (χ2v) is 6.55. The average molecular weight is 369 g/mol. The first-order valence-electron chi connectivity index (χ1n) is 6.12. The van der Waals surface area contributed by atoms with Crippen molar-refractivity contribution in [2.75, 3.05) is 5.32 Å². The standard InChI is InChI=1S/C13H13BrN4O2S/c1-7-11(19)16-13(18-17-7)21-8(2)12(20)15-10-5-3-9(14)4-6-10/h3-6,8H,1-2H3,(H,15,20)(H,16,18,19). The molecule has 1 amide bonds. The molecule has 1 aromatic carbocycles. The number of rotatable bonds is 4. The van der Waals surface area contributed by atoms with Gasteiger partial charge < -0.3 is 5.32 Å². The van der Waals surface area contributed by atoms with Crippen LogP contribution in [0.3, 0.4) is 0 Å². The maximum atomic E-state index is 12.1. The highest BCUT2D eigenvalue weighted by Gasteiger charge is 2.16. The summed E-state index contributed by atoms with van der Waals surface area (Å²) in [5, 5.41) is 10.3. The van der Waals surface area contributed by atoms with Crippen LogP contribution in [0.1, 0.15) is 12.6 Å². The number of aryl methyl sites for hydroxylation is 1. The van der Waals surface area contributed by atoms with Crippen LogP contribution in [0.25, 0.3) is 0 Å². The number of aromatic amines is 1. The number of carbonyl (C=O) groups excluding carboxylic acids is 1. The number of amides is 1. The third kappa shape index (κ3) is 4.40. The van der Waals surface area contributed by atoms with Crippen molar-refractivity contribution >= 4 is 39.3 Å². The number of thioether (sulfide) groups is 1. The lowest BCUT2D eigenvalue weighted by atomic mass is 10.3. The van der Waals surface area contributed by atoms with Crippen LogP contribution in [0.5, 0.6) is 0 Å². The van der Waals surface area contributed by atoms with Gasteiger partial charge in [0.1, 0.15) is 5.69 Å². The number of nitrogens with one attached hydrogen (secondary N) is 2. The molecule has 2 rings (SSSR count). The van der Waals surface area contributed by atoms with Gasteiger partial charge in [0, 0.05) is 10.2 Å². The smallest absolute Gasteiger partial charge is 0.273 e. The first kappa shape index (κ1) is 15.7. The molecule has 1 heterocycles. The Bertz CT molecular complexity index is 702. The van der Waals surface area contributed by atoms with E-state index in [1.165, 1.54) is 0 Å². The van der Waals surface area contributed by atoms with E-state index in [4.69, 9.17) is 0 Å². The van der Waals surface area contributed by atoms with Gasteiger partial charge >= 0.3 is 0 Å². The Morgan fingerprint density at radius 1 is 1.33 bits per heavy atom. The van der Waals surface area contributed by atoms with E-state index in [-0.39, 0.29) is 11.5 Å². The van der Waals surface area contributed by atoms with Crippen LogP contribution in [-0.4, -0.2) is 26.3 Å². The van der Waals surface area contributed by atoms with Crippen LogP contribution in [0.2, 0.25) is 0 Å². The van der Waals surface area contributed by atoms with E-state index in [0.29, 0.717) is 16.5 Å². The van der Waals surface area contributed by atoms with E-state index in [1.54, 1.807) is 26.0 Å². The molecule has 1 unspecified atom stereocenters. The van der Waals surface area contributed by atoms with E-state index < -0.39 is 5.25 Å². The maximum Gasteiger partial charge on any atom is 0.273 e. The molecule has 0 radical (unpaired) electrons. The van der Waals surface area contributed by atoms with Crippen molar-refractivity contribution in [3.8, 4) is 0 Å². The molecule has 0 fully saturated rings. The van der Waals surface area contributed by atoms with Crippen molar-refractivity contribution in [1.82, 2.24) is 15.2 Å². The molecule has 0 bridgehead atoms. The molecule has 2 N–H and O–H groups in total. The summed E-state index contributed by atoms with van der Waals surface area (Å²) in [6.07, 6.45) is 0. The Kier molecular flexibility index (Phi) is 5.13. The number of nitrogens with zero attached hydrogens (tertiary/aromatic N) is 2. The molecule has 0 aliphatic carbocycles. The minimum absolute atomic E-state index is 0.175. The highest BCUT2D eigenvalue weighted by atomic mass is 79.9. The fraction of sp³-hybridized carbons (Fsp3) is 0.231. The van der Waals surface area contributed by atoms with Crippen LogP contribution < -0.4 is 10.9 Å². The molecular formula is C13H13BrN4O2S. The van der Waals surface area contributed by atoms with Gasteiger partial charge in [-0.15, -0.1) is 10.2 Å². The average Bonchev–Trinajstić information content (AvgIpc) is 2.45. The molecule has 6 nitrogen and oxygen atoms in total. The van der Waals surface area contributed by atoms with Crippen molar-refractivity contribution < 1.29 is 4.79 Å². The Labute approximate surface area is 133 Å². The highest BCUT2D eigenvalue weighted by Crippen LogP contribution is 2.20. The molecule has 8 heteroatoms. The van der Waals surface area contributed by atoms with E-state index in [9.17, 15) is 9.59 Å². The molecule has 1 atom stereocenters. The zero-order chi connectivity index (χ0) is 15.4. The fourth-order valence-corrected chi connectivity index (χ4v) is 2.43. The molecule has 0 saturated heterocycles. The number of benzene rings is 1. The van der Waals surface area contributed by atoms with Crippen molar-refractivity contribution in [1.29, 1.82) is 0 Å². The number of anilines is 1. The Morgan fingerprint density at radius 3 is 2.62 bits per heavy atom. The van der Waals surface area contributed by atoms with Gasteiger partial charge in [0.05, 0.1) is 5.25 Å². The number of carbonyl (C=O) groups is 1. The maximum absolute atomic E-state index is 12.1. The predicted molar refractivity (Wildman–Crippen MR) is 85.5 cm³/mol. The van der Waals surface area contributed by atoms with Gasteiger partial charge in [-0.3, -0.25) is 14.6 Å². The molecule has 0 aliphatic heterocycles. The van der Waals surface area contributed by atoms with Crippen LogP contribution in [0, 0.1) is 6.92 Å². The molecule has 0 saturated carbocycles. The van der Waals surface area contributed by atoms with Crippen LogP contribution in [-0.2, 0) is 4.79 Å². The van der Waals surface area contributed by atoms with Gasteiger partial charge in [-0.05, 0) is 38.1 Å². The molecule has 21 heavy (non-hydrogen) atoms. The molecule has 110 valence electrons. The summed E-state index contributed by atoms with van der Waals surface area (Å²) in [6, 6.07) is 7.28. The van der Waals surface area contributed by atoms with Crippen LogP contribution >= 0.6 is 27.7 Å². The first-order chi connectivity index (χ1) is 9.95. The highest BCUT2D eigenvalue weighted by molar-refractivity contribution is 9.10. The monoisotopic (exact) mass is 368 g/mol. The number of hydrogen-bond acceptors (Lipinski definition) is 5. The van der Waals surface area contributed by atoms with E-state index in [2.05, 4.69) is 36.4 Å². The van der Waals surface area contributed by atoms with Crippen molar-refractivity contribution in [2.45, 2.75) is 24.3 Å². The lowest BCUT2D eigenvalue weighted by Crippen LogP contribution is -2.23. The Morgan fingerprint density at radius 2 is 2.00 bits per heavy atom. The Hall–Kier alpha value is -1.67. The lowest BCUT2D eigenvalue weighted by Gasteiger charge is -2.11. The van der Waals surface area contributed by atoms with E-state index in [0.717, 1.165) is 16.2 Å². The molecule has 1 aromatic heterocycles. The first-order valence-corrected chi connectivity index (χ1v) is 7.79. The predicted octanol–water partition coefficient (Wildman–Crippen LogP) is 2.36. The van der Waals surface area contributed by atoms with Gasteiger partial charge in [0.15, 0.2) is 5.16 Å². The van der Waals surface area contributed by atoms with E-state index in [1.807, 2.05) is 12.1 Å². The van der Waals surface area contributed by atoms with Crippen LogP contribution in [0.15, 0.2) is 38.7 Å². The van der Waals surface area contributed by atoms with Gasteiger partial charge in [-0.1, -0.05) is 27.7 Å². The zero-order valence-corrected chi connectivity index (χ0v) is 13.8. The van der Waals surface area contributed by atoms with E-state index >= 15 is 0 Å². The minimum Gasteiger partial charge on any atom is -0.325 e. The lowest BCUT2D eigenvalue weighted by molar-refractivity contribution is -0.115. The van der Waals surface area contributed by atoms with Gasteiger partial charge in [-0.25, -0.2) is 0 Å². The van der Waals surface area contributed by atoms with Crippen LogP contribution in [0.4, 0.5) is 5.69 Å².